The normalized spacial score (nSPS) is 14.3. The van der Waals surface area contributed by atoms with E-state index in [0.29, 0.717) is 5.70 Å². The summed E-state index contributed by atoms with van der Waals surface area (Å²) in [5, 5.41) is 6.87. The van der Waals surface area contributed by atoms with Gasteiger partial charge in [-0.15, -0.1) is 0 Å². The number of nitrogens with zero attached hydrogens (tertiary/aromatic N) is 1. The molecule has 0 fully saturated rings. The van der Waals surface area contributed by atoms with E-state index < -0.39 is 0 Å². The minimum absolute atomic E-state index is 0.682. The lowest BCUT2D eigenvalue weighted by molar-refractivity contribution is 0.670. The van der Waals surface area contributed by atoms with Crippen molar-refractivity contribution in [3.8, 4) is 33.4 Å². The summed E-state index contributed by atoms with van der Waals surface area (Å²) in [6, 6.07) is 60.3. The second-order valence-corrected chi connectivity index (χ2v) is 14.4. The highest BCUT2D eigenvalue weighted by Crippen LogP contribution is 2.42. The van der Waals surface area contributed by atoms with Crippen LogP contribution in [0, 0.1) is 0 Å². The average Bonchev–Trinajstić information content (AvgIpc) is 3.63. The number of hydrogen-bond acceptors (Lipinski definition) is 2. The van der Waals surface area contributed by atoms with Crippen molar-refractivity contribution in [2.75, 3.05) is 0 Å². The zero-order valence-electron chi connectivity index (χ0n) is 31.0. The molecule has 2 heteroatoms. The van der Waals surface area contributed by atoms with Gasteiger partial charge in [-0.1, -0.05) is 170 Å². The number of furan rings is 1. The Morgan fingerprint density at radius 3 is 2.04 bits per heavy atom. The number of benzene rings is 8. The topological polar surface area (TPSA) is 25.5 Å². The number of hydrogen-bond donors (Lipinski definition) is 0. The Morgan fingerprint density at radius 2 is 1.20 bits per heavy atom. The van der Waals surface area contributed by atoms with Gasteiger partial charge in [-0.3, -0.25) is 0 Å². The highest BCUT2D eigenvalue weighted by atomic mass is 16.3. The Morgan fingerprint density at radius 1 is 0.518 bits per heavy atom. The van der Waals surface area contributed by atoms with Gasteiger partial charge in [0.25, 0.3) is 0 Å². The van der Waals surface area contributed by atoms with Crippen LogP contribution in [0.15, 0.2) is 216 Å². The van der Waals surface area contributed by atoms with Crippen molar-refractivity contribution in [2.45, 2.75) is 6.92 Å². The summed E-state index contributed by atoms with van der Waals surface area (Å²) in [5.74, 6) is 0. The molecule has 1 aromatic heterocycles. The van der Waals surface area contributed by atoms with E-state index >= 15 is 0 Å². The standard InChI is InChI=1S/C54H37NO/c1-35(37-26-28-40(29-27-37)48-24-13-19-39-16-8-9-23-47(39)48)45-22-10-11-25-51(45)55-36(2)46-30-31-49(44-21-12-20-41(32-44)38-14-4-3-5-15-38)54-53(46)50-33-42-17-6-7-18-43(42)34-52(50)56-54/h3-34H,2H2,1H3/b45-35+,55-51?. The Kier molecular flexibility index (Phi) is 8.23. The molecule has 0 bridgehead atoms. The SMILES string of the molecule is C=C(N=C1C=CC=C/C1=C(/C)c1ccc(-c2cccc3ccccc23)cc1)c1ccc(-c2cccc(-c3ccccc3)c2)c2oc3cc4ccccc4cc3c12. The number of allylic oxidation sites excluding steroid dienone is 6. The zero-order chi connectivity index (χ0) is 37.6. The Labute approximate surface area is 326 Å². The highest BCUT2D eigenvalue weighted by molar-refractivity contribution is 6.20. The molecule has 9 aromatic rings. The molecule has 0 N–H and O–H groups in total. The van der Waals surface area contributed by atoms with Crippen LogP contribution in [0.5, 0.6) is 0 Å². The zero-order valence-corrected chi connectivity index (χ0v) is 31.0. The molecule has 56 heavy (non-hydrogen) atoms. The van der Waals surface area contributed by atoms with Crippen molar-refractivity contribution in [3.05, 3.63) is 217 Å². The predicted octanol–water partition coefficient (Wildman–Crippen LogP) is 14.9. The van der Waals surface area contributed by atoms with E-state index in [-0.39, 0.29) is 0 Å². The van der Waals surface area contributed by atoms with Crippen molar-refractivity contribution in [3.63, 3.8) is 0 Å². The van der Waals surface area contributed by atoms with Crippen molar-refractivity contribution in [2.24, 2.45) is 4.99 Å². The largest absolute Gasteiger partial charge is 0.455 e. The van der Waals surface area contributed by atoms with Gasteiger partial charge < -0.3 is 4.42 Å². The van der Waals surface area contributed by atoms with Crippen molar-refractivity contribution in [1.29, 1.82) is 0 Å². The van der Waals surface area contributed by atoms with Crippen molar-refractivity contribution < 1.29 is 4.42 Å². The van der Waals surface area contributed by atoms with E-state index in [1.807, 2.05) is 12.1 Å². The van der Waals surface area contributed by atoms with Crippen LogP contribution in [0.25, 0.3) is 88.1 Å². The molecule has 1 heterocycles. The van der Waals surface area contributed by atoms with Gasteiger partial charge >= 0.3 is 0 Å². The minimum Gasteiger partial charge on any atom is -0.455 e. The van der Waals surface area contributed by atoms with Gasteiger partial charge in [0.15, 0.2) is 0 Å². The Balaban J connectivity index is 1.07. The number of fused-ring (bicyclic) bond motifs is 5. The summed E-state index contributed by atoms with van der Waals surface area (Å²) >= 11 is 0. The van der Waals surface area contributed by atoms with Gasteiger partial charge in [-0.2, -0.15) is 0 Å². The number of rotatable bonds is 6. The maximum atomic E-state index is 6.83. The summed E-state index contributed by atoms with van der Waals surface area (Å²) in [7, 11) is 0. The fourth-order valence-electron chi connectivity index (χ4n) is 8.16. The highest BCUT2D eigenvalue weighted by Gasteiger charge is 2.20. The van der Waals surface area contributed by atoms with Gasteiger partial charge in [-0.25, -0.2) is 4.99 Å². The van der Waals surface area contributed by atoms with Crippen LogP contribution in [0.3, 0.4) is 0 Å². The number of aliphatic imine (C=N–C) groups is 1. The molecule has 0 amide bonds. The first-order valence-corrected chi connectivity index (χ1v) is 19.1. The molecule has 1 aliphatic carbocycles. The first-order valence-electron chi connectivity index (χ1n) is 19.1. The summed E-state index contributed by atoms with van der Waals surface area (Å²) in [5.41, 5.74) is 14.5. The lowest BCUT2D eigenvalue weighted by atomic mass is 9.92. The van der Waals surface area contributed by atoms with Crippen molar-refractivity contribution >= 4 is 60.5 Å². The third-order valence-corrected chi connectivity index (χ3v) is 11.1. The molecule has 8 aromatic carbocycles. The smallest absolute Gasteiger partial charge is 0.143 e. The van der Waals surface area contributed by atoms with Gasteiger partial charge in [0.1, 0.15) is 11.2 Å². The molecule has 264 valence electrons. The quantitative estimate of drug-likeness (QED) is 0.168. The van der Waals surface area contributed by atoms with Gasteiger partial charge in [0, 0.05) is 27.5 Å². The maximum absolute atomic E-state index is 6.83. The van der Waals surface area contributed by atoms with Crippen LogP contribution >= 0.6 is 0 Å². The van der Waals surface area contributed by atoms with E-state index in [4.69, 9.17) is 9.41 Å². The van der Waals surface area contributed by atoms with E-state index in [2.05, 4.69) is 196 Å². The lowest BCUT2D eigenvalue weighted by Crippen LogP contribution is -2.03. The maximum Gasteiger partial charge on any atom is 0.143 e. The first-order chi connectivity index (χ1) is 27.6. The average molecular weight is 716 g/mol. The fourth-order valence-corrected chi connectivity index (χ4v) is 8.16. The minimum atomic E-state index is 0.682. The van der Waals surface area contributed by atoms with Crippen LogP contribution in [0.2, 0.25) is 0 Å². The molecular weight excluding hydrogens is 679 g/mol. The van der Waals surface area contributed by atoms with Gasteiger partial charge in [0.05, 0.1) is 11.4 Å². The van der Waals surface area contributed by atoms with Crippen LogP contribution in [-0.2, 0) is 0 Å². The summed E-state index contributed by atoms with van der Waals surface area (Å²) in [6.07, 6.45) is 8.36. The third-order valence-electron chi connectivity index (χ3n) is 11.1. The summed E-state index contributed by atoms with van der Waals surface area (Å²) in [6.45, 7) is 6.78. The molecule has 0 aliphatic heterocycles. The third kappa shape index (κ3) is 5.89. The van der Waals surface area contributed by atoms with Crippen LogP contribution < -0.4 is 0 Å². The molecular formula is C54H37NO. The van der Waals surface area contributed by atoms with Gasteiger partial charge in [0.2, 0.25) is 0 Å². The van der Waals surface area contributed by atoms with Crippen molar-refractivity contribution in [1.82, 2.24) is 0 Å². The molecule has 0 saturated carbocycles. The lowest BCUT2D eigenvalue weighted by Gasteiger charge is -2.15. The van der Waals surface area contributed by atoms with E-state index in [1.54, 1.807) is 0 Å². The molecule has 0 spiro atoms. The predicted molar refractivity (Wildman–Crippen MR) is 239 cm³/mol. The summed E-state index contributed by atoms with van der Waals surface area (Å²) < 4.78 is 6.83. The second kappa shape index (κ2) is 13.8. The van der Waals surface area contributed by atoms with E-state index in [0.717, 1.165) is 77.4 Å². The van der Waals surface area contributed by atoms with Crippen LogP contribution in [0.4, 0.5) is 0 Å². The molecule has 2 nitrogen and oxygen atoms in total. The van der Waals surface area contributed by atoms with E-state index in [1.165, 1.54) is 27.5 Å². The molecule has 0 unspecified atom stereocenters. The molecule has 10 rings (SSSR count). The monoisotopic (exact) mass is 715 g/mol. The summed E-state index contributed by atoms with van der Waals surface area (Å²) in [4.78, 5) is 5.27. The Bertz CT molecular complexity index is 3130. The molecule has 1 aliphatic rings. The molecule has 0 saturated heterocycles. The molecule has 0 radical (unpaired) electrons. The first kappa shape index (κ1) is 33.3. The molecule has 0 atom stereocenters. The van der Waals surface area contributed by atoms with Crippen LogP contribution in [0.1, 0.15) is 18.1 Å². The van der Waals surface area contributed by atoms with E-state index in [9.17, 15) is 0 Å². The Hall–Kier alpha value is -7.29. The second-order valence-electron chi connectivity index (χ2n) is 14.4. The fraction of sp³-hybridized carbons (Fsp3) is 0.0185. The van der Waals surface area contributed by atoms with Gasteiger partial charge in [-0.05, 0) is 97.8 Å². The van der Waals surface area contributed by atoms with Crippen LogP contribution in [-0.4, -0.2) is 5.71 Å².